The summed E-state index contributed by atoms with van der Waals surface area (Å²) in [5.74, 6) is 0.0426. The van der Waals surface area contributed by atoms with E-state index in [1.165, 1.54) is 39.1 Å². The highest BCUT2D eigenvalue weighted by molar-refractivity contribution is 5.95. The van der Waals surface area contributed by atoms with Gasteiger partial charge in [-0.1, -0.05) is 48.5 Å². The van der Waals surface area contributed by atoms with Crippen molar-refractivity contribution in [1.82, 2.24) is 10.2 Å². The molecule has 0 aromatic heterocycles. The molecule has 2 aliphatic rings. The van der Waals surface area contributed by atoms with Gasteiger partial charge < -0.3 is 10.2 Å². The van der Waals surface area contributed by atoms with E-state index in [4.69, 9.17) is 0 Å². The number of nitrogens with zero attached hydrogens (tertiary/aromatic N) is 2. The first-order valence-corrected chi connectivity index (χ1v) is 12.6. The highest BCUT2D eigenvalue weighted by Gasteiger charge is 2.20. The monoisotopic (exact) mass is 489 g/mol. The van der Waals surface area contributed by atoms with Crippen molar-refractivity contribution >= 4 is 24.0 Å². The number of carbonyl (C=O) groups excluding carboxylic acids is 1. The smallest absolute Gasteiger partial charge is 0.251 e. The number of fused-ring (bicyclic) bond motifs is 3. The highest BCUT2D eigenvalue weighted by atomic mass is 35.5. The topological polar surface area (TPSA) is 35.6 Å². The van der Waals surface area contributed by atoms with Gasteiger partial charge in [0.15, 0.2) is 0 Å². The van der Waals surface area contributed by atoms with Crippen LogP contribution in [0.25, 0.3) is 11.1 Å². The third-order valence-electron chi connectivity index (χ3n) is 7.37. The molecule has 1 N–H and O–H groups in total. The average molecular weight is 490 g/mol. The van der Waals surface area contributed by atoms with E-state index in [0.717, 1.165) is 64.1 Å². The number of hydrogen-bond acceptors (Lipinski definition) is 3. The number of nitrogens with one attached hydrogen (secondary N) is 1. The molecule has 0 atom stereocenters. The number of benzene rings is 3. The lowest BCUT2D eigenvalue weighted by Gasteiger charge is -2.37. The maximum absolute atomic E-state index is 12.7. The number of unbranched alkanes of at least 4 members (excludes halogenated alkanes) is 1. The Hall–Kier alpha value is -2.82. The van der Waals surface area contributed by atoms with Crippen LogP contribution in [0.5, 0.6) is 0 Å². The Balaban J connectivity index is 0.00000289. The predicted octanol–water partition coefficient (Wildman–Crippen LogP) is 5.63. The summed E-state index contributed by atoms with van der Waals surface area (Å²) in [6, 6.07) is 21.2. The van der Waals surface area contributed by atoms with E-state index in [0.29, 0.717) is 0 Å². The lowest BCUT2D eigenvalue weighted by atomic mass is 10.0. The average Bonchev–Trinajstić information content (AvgIpc) is 3.22. The molecular weight excluding hydrogens is 454 g/mol. The second-order valence-corrected chi connectivity index (χ2v) is 9.74. The minimum absolute atomic E-state index is 0. The van der Waals surface area contributed by atoms with Crippen LogP contribution < -0.4 is 10.2 Å². The van der Waals surface area contributed by atoms with Gasteiger partial charge in [0, 0.05) is 44.0 Å². The summed E-state index contributed by atoms with van der Waals surface area (Å²) in [4.78, 5) is 17.8. The van der Waals surface area contributed by atoms with Gasteiger partial charge >= 0.3 is 0 Å². The Labute approximate surface area is 215 Å². The van der Waals surface area contributed by atoms with Crippen molar-refractivity contribution in [2.24, 2.45) is 0 Å². The molecule has 1 fully saturated rings. The van der Waals surface area contributed by atoms with Crippen molar-refractivity contribution in [3.63, 3.8) is 0 Å². The number of halogens is 1. The molecule has 35 heavy (non-hydrogen) atoms. The number of para-hydroxylation sites is 1. The maximum Gasteiger partial charge on any atom is 0.251 e. The van der Waals surface area contributed by atoms with Crippen LogP contribution in [-0.4, -0.2) is 50.1 Å². The first-order chi connectivity index (χ1) is 16.6. The fourth-order valence-electron chi connectivity index (χ4n) is 5.55. The molecule has 0 unspecified atom stereocenters. The summed E-state index contributed by atoms with van der Waals surface area (Å²) < 4.78 is 0. The number of piperazine rings is 1. The van der Waals surface area contributed by atoms with E-state index in [-0.39, 0.29) is 18.3 Å². The predicted molar refractivity (Wildman–Crippen MR) is 148 cm³/mol. The number of aryl methyl sites for hydroxylation is 2. The van der Waals surface area contributed by atoms with E-state index < -0.39 is 0 Å². The molecule has 5 rings (SSSR count). The minimum atomic E-state index is 0. The van der Waals surface area contributed by atoms with E-state index >= 15 is 0 Å². The highest BCUT2D eigenvalue weighted by Crippen LogP contribution is 2.36. The molecule has 0 bridgehead atoms. The second-order valence-electron chi connectivity index (χ2n) is 9.74. The standard InChI is InChI=1S/C30H35N3O.ClH/c1-22-8-7-9-23(2)29(22)33-18-16-32(17-19-33)15-6-5-14-31-30(34)25-12-13-28-26(21-25)20-24-10-3-4-11-27(24)28;/h3-4,7-13,21H,5-6,14-20H2,1-2H3,(H,31,34);1H. The molecule has 3 aromatic carbocycles. The van der Waals surface area contributed by atoms with Crippen molar-refractivity contribution < 1.29 is 4.79 Å². The van der Waals surface area contributed by atoms with Gasteiger partial charge in [-0.05, 0) is 85.2 Å². The number of carbonyl (C=O) groups is 1. The van der Waals surface area contributed by atoms with Crippen LogP contribution in [-0.2, 0) is 6.42 Å². The zero-order valence-electron chi connectivity index (χ0n) is 20.8. The van der Waals surface area contributed by atoms with Gasteiger partial charge in [0.25, 0.3) is 5.91 Å². The van der Waals surface area contributed by atoms with Crippen molar-refractivity contribution in [3.05, 3.63) is 88.5 Å². The van der Waals surface area contributed by atoms with Crippen molar-refractivity contribution in [3.8, 4) is 11.1 Å². The molecule has 0 radical (unpaired) electrons. The Morgan fingerprint density at radius 2 is 1.54 bits per heavy atom. The Morgan fingerprint density at radius 3 is 2.31 bits per heavy atom. The van der Waals surface area contributed by atoms with E-state index in [1.54, 1.807) is 0 Å². The zero-order chi connectivity index (χ0) is 23.5. The van der Waals surface area contributed by atoms with Gasteiger partial charge in [0.1, 0.15) is 0 Å². The molecule has 1 amide bonds. The first kappa shape index (κ1) is 25.3. The van der Waals surface area contributed by atoms with Crippen LogP contribution in [0.3, 0.4) is 0 Å². The summed E-state index contributed by atoms with van der Waals surface area (Å²) in [5.41, 5.74) is 10.1. The molecule has 5 heteroatoms. The van der Waals surface area contributed by atoms with Crippen molar-refractivity contribution in [2.45, 2.75) is 33.1 Å². The van der Waals surface area contributed by atoms with Gasteiger partial charge in [-0.25, -0.2) is 0 Å². The Bertz CT molecular complexity index is 1160. The Kier molecular flexibility index (Phi) is 8.15. The van der Waals surface area contributed by atoms with Crippen LogP contribution in [0.1, 0.15) is 45.5 Å². The maximum atomic E-state index is 12.7. The third kappa shape index (κ3) is 5.55. The molecule has 0 spiro atoms. The van der Waals surface area contributed by atoms with E-state index in [2.05, 4.69) is 83.6 Å². The van der Waals surface area contributed by atoms with E-state index in [1.807, 2.05) is 6.07 Å². The van der Waals surface area contributed by atoms with Crippen LogP contribution >= 0.6 is 12.4 Å². The molecule has 1 saturated heterocycles. The van der Waals surface area contributed by atoms with Gasteiger partial charge in [-0.2, -0.15) is 0 Å². The first-order valence-electron chi connectivity index (χ1n) is 12.6. The normalized spacial score (nSPS) is 14.7. The summed E-state index contributed by atoms with van der Waals surface area (Å²) in [6.07, 6.45) is 3.05. The van der Waals surface area contributed by atoms with Crippen LogP contribution in [0.15, 0.2) is 60.7 Å². The molecule has 4 nitrogen and oxygen atoms in total. The summed E-state index contributed by atoms with van der Waals surface area (Å²) in [5, 5.41) is 3.12. The van der Waals surface area contributed by atoms with Crippen molar-refractivity contribution in [2.75, 3.05) is 44.2 Å². The van der Waals surface area contributed by atoms with Gasteiger partial charge in [-0.3, -0.25) is 9.69 Å². The Morgan fingerprint density at radius 1 is 0.829 bits per heavy atom. The quantitative estimate of drug-likeness (QED) is 0.342. The molecule has 184 valence electrons. The minimum Gasteiger partial charge on any atom is -0.369 e. The molecule has 1 heterocycles. The SMILES string of the molecule is Cc1cccc(C)c1N1CCN(CCCCNC(=O)c2ccc3c(c2)Cc2ccccc2-3)CC1.Cl. The summed E-state index contributed by atoms with van der Waals surface area (Å²) >= 11 is 0. The number of anilines is 1. The molecule has 3 aromatic rings. The summed E-state index contributed by atoms with van der Waals surface area (Å²) in [7, 11) is 0. The number of hydrogen-bond donors (Lipinski definition) is 1. The fraction of sp³-hybridized carbons (Fsp3) is 0.367. The van der Waals surface area contributed by atoms with Gasteiger partial charge in [-0.15, -0.1) is 12.4 Å². The molecule has 0 saturated carbocycles. The number of amides is 1. The second kappa shape index (κ2) is 11.3. The molecule has 1 aliphatic heterocycles. The van der Waals surface area contributed by atoms with Crippen LogP contribution in [0.2, 0.25) is 0 Å². The van der Waals surface area contributed by atoms with Gasteiger partial charge in [0.2, 0.25) is 0 Å². The summed E-state index contributed by atoms with van der Waals surface area (Å²) in [6.45, 7) is 10.7. The van der Waals surface area contributed by atoms with E-state index in [9.17, 15) is 4.79 Å². The van der Waals surface area contributed by atoms with Crippen LogP contribution in [0.4, 0.5) is 5.69 Å². The lowest BCUT2D eigenvalue weighted by molar-refractivity contribution is 0.0952. The van der Waals surface area contributed by atoms with Gasteiger partial charge in [0.05, 0.1) is 0 Å². The lowest BCUT2D eigenvalue weighted by Crippen LogP contribution is -2.47. The fourth-order valence-corrected chi connectivity index (χ4v) is 5.55. The van der Waals surface area contributed by atoms with Crippen LogP contribution in [0, 0.1) is 13.8 Å². The molecular formula is C30H36ClN3O. The zero-order valence-corrected chi connectivity index (χ0v) is 21.7. The van der Waals surface area contributed by atoms with Crippen molar-refractivity contribution in [1.29, 1.82) is 0 Å². The number of rotatable bonds is 7. The largest absolute Gasteiger partial charge is 0.369 e. The third-order valence-corrected chi connectivity index (χ3v) is 7.37. The molecule has 1 aliphatic carbocycles.